The van der Waals surface area contributed by atoms with Crippen molar-refractivity contribution >= 4 is 15.9 Å². The summed E-state index contributed by atoms with van der Waals surface area (Å²) in [6.45, 7) is 0.587. The second kappa shape index (κ2) is 5.08. The second-order valence-corrected chi connectivity index (χ2v) is 4.82. The van der Waals surface area contributed by atoms with E-state index in [1.807, 2.05) is 0 Å². The molecule has 3 heteroatoms. The van der Waals surface area contributed by atoms with Crippen LogP contribution in [0.5, 0.6) is 0 Å². The third-order valence-electron chi connectivity index (χ3n) is 2.77. The molecule has 0 bridgehead atoms. The molecule has 0 heterocycles. The SMILES string of the molecule is Fc1ccc(COC2CCCC2)cc1Br. The fourth-order valence-corrected chi connectivity index (χ4v) is 2.32. The zero-order chi connectivity index (χ0) is 10.7. The van der Waals surface area contributed by atoms with E-state index in [1.165, 1.54) is 31.7 Å². The molecule has 0 amide bonds. The van der Waals surface area contributed by atoms with Crippen molar-refractivity contribution in [2.24, 2.45) is 0 Å². The molecule has 2 rings (SSSR count). The third kappa shape index (κ3) is 3.02. The van der Waals surface area contributed by atoms with Gasteiger partial charge in [-0.3, -0.25) is 0 Å². The average Bonchev–Trinajstić information content (AvgIpc) is 2.73. The van der Waals surface area contributed by atoms with Gasteiger partial charge in [-0.25, -0.2) is 4.39 Å². The van der Waals surface area contributed by atoms with E-state index in [2.05, 4.69) is 15.9 Å². The highest BCUT2D eigenvalue weighted by molar-refractivity contribution is 9.10. The van der Waals surface area contributed by atoms with E-state index < -0.39 is 0 Å². The molecule has 1 aliphatic carbocycles. The van der Waals surface area contributed by atoms with Gasteiger partial charge in [-0.05, 0) is 46.5 Å². The van der Waals surface area contributed by atoms with Crippen molar-refractivity contribution in [2.45, 2.75) is 38.4 Å². The number of halogens is 2. The third-order valence-corrected chi connectivity index (χ3v) is 3.38. The summed E-state index contributed by atoms with van der Waals surface area (Å²) in [7, 11) is 0. The first-order valence-electron chi connectivity index (χ1n) is 5.31. The van der Waals surface area contributed by atoms with E-state index in [0.29, 0.717) is 17.2 Å². The molecule has 1 aliphatic rings. The standard InChI is InChI=1S/C12H14BrFO/c13-11-7-9(5-6-12(11)14)8-15-10-3-1-2-4-10/h5-7,10H,1-4,8H2. The molecule has 1 aromatic rings. The largest absolute Gasteiger partial charge is 0.374 e. The van der Waals surface area contributed by atoms with Gasteiger partial charge in [-0.2, -0.15) is 0 Å². The smallest absolute Gasteiger partial charge is 0.137 e. The highest BCUT2D eigenvalue weighted by Crippen LogP contribution is 2.23. The Hall–Kier alpha value is -0.410. The van der Waals surface area contributed by atoms with Crippen LogP contribution in [0.2, 0.25) is 0 Å². The fourth-order valence-electron chi connectivity index (χ4n) is 1.90. The molecule has 0 spiro atoms. The number of hydrogen-bond donors (Lipinski definition) is 0. The number of hydrogen-bond acceptors (Lipinski definition) is 1. The normalized spacial score (nSPS) is 17.2. The highest BCUT2D eigenvalue weighted by atomic mass is 79.9. The van der Waals surface area contributed by atoms with Crippen molar-refractivity contribution in [3.8, 4) is 0 Å². The summed E-state index contributed by atoms with van der Waals surface area (Å²) in [5, 5.41) is 0. The Balaban J connectivity index is 1.90. The van der Waals surface area contributed by atoms with Gasteiger partial charge in [0, 0.05) is 0 Å². The van der Waals surface area contributed by atoms with Crippen LogP contribution in [0.25, 0.3) is 0 Å². The Morgan fingerprint density at radius 1 is 1.33 bits per heavy atom. The first-order chi connectivity index (χ1) is 7.25. The van der Waals surface area contributed by atoms with Gasteiger partial charge >= 0.3 is 0 Å². The van der Waals surface area contributed by atoms with Gasteiger partial charge in [-0.1, -0.05) is 18.9 Å². The van der Waals surface area contributed by atoms with Crippen LogP contribution in [0.3, 0.4) is 0 Å². The number of ether oxygens (including phenoxy) is 1. The first-order valence-corrected chi connectivity index (χ1v) is 6.10. The molecule has 0 saturated heterocycles. The molecule has 0 unspecified atom stereocenters. The minimum atomic E-state index is -0.223. The molecule has 0 radical (unpaired) electrons. The van der Waals surface area contributed by atoms with E-state index in [4.69, 9.17) is 4.74 Å². The Bertz CT molecular complexity index is 334. The van der Waals surface area contributed by atoms with E-state index in [0.717, 1.165) is 5.56 Å². The van der Waals surface area contributed by atoms with Crippen LogP contribution < -0.4 is 0 Å². The Morgan fingerprint density at radius 2 is 2.07 bits per heavy atom. The zero-order valence-electron chi connectivity index (χ0n) is 8.51. The van der Waals surface area contributed by atoms with Gasteiger partial charge in [0.1, 0.15) is 5.82 Å². The topological polar surface area (TPSA) is 9.23 Å². The molecule has 0 N–H and O–H groups in total. The lowest BCUT2D eigenvalue weighted by Gasteiger charge is -2.11. The van der Waals surface area contributed by atoms with Gasteiger partial charge in [0.2, 0.25) is 0 Å². The molecule has 15 heavy (non-hydrogen) atoms. The van der Waals surface area contributed by atoms with Gasteiger partial charge in [-0.15, -0.1) is 0 Å². The van der Waals surface area contributed by atoms with Crippen LogP contribution in [0, 0.1) is 5.82 Å². The quantitative estimate of drug-likeness (QED) is 0.807. The summed E-state index contributed by atoms with van der Waals surface area (Å²) in [6, 6.07) is 5.02. The summed E-state index contributed by atoms with van der Waals surface area (Å²) in [4.78, 5) is 0. The Morgan fingerprint density at radius 3 is 2.73 bits per heavy atom. The summed E-state index contributed by atoms with van der Waals surface area (Å²) < 4.78 is 19.2. The lowest BCUT2D eigenvalue weighted by atomic mass is 10.2. The first kappa shape index (κ1) is 11.1. The second-order valence-electron chi connectivity index (χ2n) is 3.97. The van der Waals surface area contributed by atoms with Crippen LogP contribution in [-0.4, -0.2) is 6.10 Å². The van der Waals surface area contributed by atoms with Crippen molar-refractivity contribution in [1.82, 2.24) is 0 Å². The van der Waals surface area contributed by atoms with Crippen LogP contribution in [0.4, 0.5) is 4.39 Å². The van der Waals surface area contributed by atoms with Gasteiger partial charge in [0.05, 0.1) is 17.2 Å². The number of benzene rings is 1. The average molecular weight is 273 g/mol. The van der Waals surface area contributed by atoms with E-state index in [-0.39, 0.29) is 5.82 Å². The summed E-state index contributed by atoms with van der Waals surface area (Å²) in [5.41, 5.74) is 1.02. The van der Waals surface area contributed by atoms with Gasteiger partial charge < -0.3 is 4.74 Å². The van der Waals surface area contributed by atoms with Crippen molar-refractivity contribution < 1.29 is 9.13 Å². The van der Waals surface area contributed by atoms with Crippen LogP contribution in [0.1, 0.15) is 31.2 Å². The fraction of sp³-hybridized carbons (Fsp3) is 0.500. The molecular formula is C12H14BrFO. The van der Waals surface area contributed by atoms with Crippen molar-refractivity contribution in [3.05, 3.63) is 34.1 Å². The molecular weight excluding hydrogens is 259 g/mol. The van der Waals surface area contributed by atoms with Crippen LogP contribution in [0.15, 0.2) is 22.7 Å². The van der Waals surface area contributed by atoms with E-state index in [9.17, 15) is 4.39 Å². The maximum atomic E-state index is 13.0. The molecule has 0 aromatic heterocycles. The molecule has 0 atom stereocenters. The predicted molar refractivity (Wildman–Crippen MR) is 61.1 cm³/mol. The van der Waals surface area contributed by atoms with Crippen LogP contribution >= 0.6 is 15.9 Å². The molecule has 1 aromatic carbocycles. The Kier molecular flexibility index (Phi) is 3.76. The van der Waals surface area contributed by atoms with Crippen molar-refractivity contribution in [1.29, 1.82) is 0 Å². The van der Waals surface area contributed by atoms with E-state index in [1.54, 1.807) is 12.1 Å². The minimum Gasteiger partial charge on any atom is -0.374 e. The van der Waals surface area contributed by atoms with Gasteiger partial charge in [0.15, 0.2) is 0 Å². The maximum absolute atomic E-state index is 13.0. The molecule has 0 aliphatic heterocycles. The lowest BCUT2D eigenvalue weighted by Crippen LogP contribution is -2.07. The molecule has 1 saturated carbocycles. The van der Waals surface area contributed by atoms with Gasteiger partial charge in [0.25, 0.3) is 0 Å². The van der Waals surface area contributed by atoms with Crippen molar-refractivity contribution in [3.63, 3.8) is 0 Å². The summed E-state index contributed by atoms with van der Waals surface area (Å²) in [6.07, 6.45) is 5.30. The predicted octanol–water partition coefficient (Wildman–Crippen LogP) is 4.05. The summed E-state index contributed by atoms with van der Waals surface area (Å²) >= 11 is 3.17. The molecule has 82 valence electrons. The zero-order valence-corrected chi connectivity index (χ0v) is 10.1. The van der Waals surface area contributed by atoms with E-state index >= 15 is 0 Å². The maximum Gasteiger partial charge on any atom is 0.137 e. The minimum absolute atomic E-state index is 0.223. The van der Waals surface area contributed by atoms with Crippen molar-refractivity contribution in [2.75, 3.05) is 0 Å². The highest BCUT2D eigenvalue weighted by Gasteiger charge is 2.15. The summed E-state index contributed by atoms with van der Waals surface area (Å²) in [5.74, 6) is -0.223. The Labute approximate surface area is 97.8 Å². The number of rotatable bonds is 3. The lowest BCUT2D eigenvalue weighted by molar-refractivity contribution is 0.0456. The monoisotopic (exact) mass is 272 g/mol. The van der Waals surface area contributed by atoms with Crippen LogP contribution in [-0.2, 0) is 11.3 Å². The molecule has 1 nitrogen and oxygen atoms in total. The molecule has 1 fully saturated rings.